The molecule has 3 N–H and O–H groups in total. The molecule has 0 aliphatic carbocycles. The van der Waals surface area contributed by atoms with Crippen LogP contribution in [0.3, 0.4) is 0 Å². The van der Waals surface area contributed by atoms with Crippen LogP contribution >= 0.6 is 0 Å². The van der Waals surface area contributed by atoms with E-state index < -0.39 is 0 Å². The smallest absolute Gasteiger partial charge is 0.225 e. The van der Waals surface area contributed by atoms with Crippen molar-refractivity contribution in [2.45, 2.75) is 40.2 Å². The van der Waals surface area contributed by atoms with E-state index >= 15 is 0 Å². The van der Waals surface area contributed by atoms with Gasteiger partial charge in [-0.05, 0) is 27.7 Å². The highest BCUT2D eigenvalue weighted by atomic mass is 16.1. The number of H-pyrrole nitrogens is 2. The first kappa shape index (κ1) is 13.3. The molecule has 2 aromatic heterocycles. The summed E-state index contributed by atoms with van der Waals surface area (Å²) in [6.45, 7) is 7.65. The van der Waals surface area contributed by atoms with E-state index in [0.29, 0.717) is 6.42 Å². The number of imidazole rings is 1. The molecule has 1 atom stereocenters. The number of aromatic nitrogens is 4. The second-order valence-electron chi connectivity index (χ2n) is 4.83. The number of nitrogens with zero attached hydrogens (tertiary/aromatic N) is 2. The molecule has 0 aliphatic heterocycles. The van der Waals surface area contributed by atoms with Gasteiger partial charge in [0.1, 0.15) is 5.82 Å². The first-order valence-electron chi connectivity index (χ1n) is 6.28. The molecule has 19 heavy (non-hydrogen) atoms. The Morgan fingerprint density at radius 2 is 2.16 bits per heavy atom. The summed E-state index contributed by atoms with van der Waals surface area (Å²) in [6.07, 6.45) is 2.08. The Balaban J connectivity index is 1.98. The zero-order chi connectivity index (χ0) is 14.0. The minimum absolute atomic E-state index is 0.0332. The van der Waals surface area contributed by atoms with Gasteiger partial charge in [0, 0.05) is 23.1 Å². The van der Waals surface area contributed by atoms with Crippen LogP contribution in [0.1, 0.15) is 41.4 Å². The first-order valence-corrected chi connectivity index (χ1v) is 6.28. The Labute approximate surface area is 112 Å². The number of nitrogens with one attached hydrogen (secondary N) is 3. The number of hydrogen-bond donors (Lipinski definition) is 3. The second kappa shape index (κ2) is 5.26. The molecular weight excluding hydrogens is 242 g/mol. The molecule has 2 aromatic rings. The minimum atomic E-state index is -0.131. The quantitative estimate of drug-likeness (QED) is 0.779. The lowest BCUT2D eigenvalue weighted by Gasteiger charge is -2.11. The second-order valence-corrected chi connectivity index (χ2v) is 4.83. The third-order valence-corrected chi connectivity index (χ3v) is 3.13. The lowest BCUT2D eigenvalue weighted by molar-refractivity contribution is -0.121. The molecule has 0 saturated heterocycles. The van der Waals surface area contributed by atoms with Crippen molar-refractivity contribution in [1.82, 2.24) is 25.5 Å². The Bertz CT molecular complexity index is 564. The highest BCUT2D eigenvalue weighted by Crippen LogP contribution is 2.12. The number of aryl methyl sites for hydroxylation is 3. The first-order chi connectivity index (χ1) is 8.97. The summed E-state index contributed by atoms with van der Waals surface area (Å²) in [5, 5.41) is 9.90. The van der Waals surface area contributed by atoms with E-state index in [9.17, 15) is 4.79 Å². The largest absolute Gasteiger partial charge is 0.346 e. The van der Waals surface area contributed by atoms with Gasteiger partial charge < -0.3 is 10.3 Å². The van der Waals surface area contributed by atoms with Crippen LogP contribution in [0.25, 0.3) is 0 Å². The van der Waals surface area contributed by atoms with E-state index in [1.807, 2.05) is 27.7 Å². The Kier molecular flexibility index (Phi) is 3.69. The number of carbonyl (C=O) groups is 1. The van der Waals surface area contributed by atoms with Crippen molar-refractivity contribution in [3.63, 3.8) is 0 Å². The monoisotopic (exact) mass is 261 g/mol. The summed E-state index contributed by atoms with van der Waals surface area (Å²) in [6, 6.07) is -0.131. The predicted octanol–water partition coefficient (Wildman–Crippen LogP) is 1.48. The van der Waals surface area contributed by atoms with Crippen LogP contribution in [0.5, 0.6) is 0 Å². The fourth-order valence-electron chi connectivity index (χ4n) is 2.01. The van der Waals surface area contributed by atoms with E-state index in [0.717, 1.165) is 28.5 Å². The molecule has 6 nitrogen and oxygen atoms in total. The molecule has 0 fully saturated rings. The average Bonchev–Trinajstić information content (AvgIpc) is 2.90. The summed E-state index contributed by atoms with van der Waals surface area (Å²) < 4.78 is 0. The van der Waals surface area contributed by atoms with Crippen LogP contribution in [0, 0.1) is 20.8 Å². The SMILES string of the molecule is Cc1cnc([C@@H](C)NC(=O)Cc2c(C)n[nH]c2C)[nH]1. The van der Waals surface area contributed by atoms with Crippen molar-refractivity contribution in [3.8, 4) is 0 Å². The Morgan fingerprint density at radius 3 is 2.68 bits per heavy atom. The predicted molar refractivity (Wildman–Crippen MR) is 71.6 cm³/mol. The van der Waals surface area contributed by atoms with Crippen LogP contribution in [0.2, 0.25) is 0 Å². The normalized spacial score (nSPS) is 12.4. The number of rotatable bonds is 4. The summed E-state index contributed by atoms with van der Waals surface area (Å²) in [4.78, 5) is 19.3. The van der Waals surface area contributed by atoms with Crippen molar-refractivity contribution >= 4 is 5.91 Å². The molecule has 0 aromatic carbocycles. The van der Waals surface area contributed by atoms with Crippen LogP contribution in [-0.2, 0) is 11.2 Å². The van der Waals surface area contributed by atoms with Crippen molar-refractivity contribution in [2.75, 3.05) is 0 Å². The summed E-state index contributed by atoms with van der Waals surface area (Å²) >= 11 is 0. The third-order valence-electron chi connectivity index (χ3n) is 3.13. The molecule has 0 aliphatic rings. The fourth-order valence-corrected chi connectivity index (χ4v) is 2.01. The van der Waals surface area contributed by atoms with Gasteiger partial charge in [-0.3, -0.25) is 9.89 Å². The fraction of sp³-hybridized carbons (Fsp3) is 0.462. The number of amides is 1. The van der Waals surface area contributed by atoms with Crippen LogP contribution in [0.15, 0.2) is 6.20 Å². The van der Waals surface area contributed by atoms with Gasteiger partial charge >= 0.3 is 0 Å². The van der Waals surface area contributed by atoms with Gasteiger partial charge in [0.25, 0.3) is 0 Å². The minimum Gasteiger partial charge on any atom is -0.346 e. The highest BCUT2D eigenvalue weighted by Gasteiger charge is 2.15. The van der Waals surface area contributed by atoms with Crippen molar-refractivity contribution in [1.29, 1.82) is 0 Å². The van der Waals surface area contributed by atoms with E-state index in [-0.39, 0.29) is 11.9 Å². The van der Waals surface area contributed by atoms with Crippen LogP contribution < -0.4 is 5.32 Å². The van der Waals surface area contributed by atoms with Gasteiger partial charge in [-0.2, -0.15) is 5.10 Å². The summed E-state index contributed by atoms with van der Waals surface area (Å²) in [5.74, 6) is 0.737. The lowest BCUT2D eigenvalue weighted by Crippen LogP contribution is -2.29. The zero-order valence-corrected chi connectivity index (χ0v) is 11.7. The Hall–Kier alpha value is -2.11. The molecule has 0 spiro atoms. The topological polar surface area (TPSA) is 86.5 Å². The molecule has 2 rings (SSSR count). The molecule has 2 heterocycles. The van der Waals surface area contributed by atoms with Gasteiger partial charge in [0.2, 0.25) is 5.91 Å². The molecule has 6 heteroatoms. The number of carbonyl (C=O) groups excluding carboxylic acids is 1. The Morgan fingerprint density at radius 1 is 1.42 bits per heavy atom. The number of aromatic amines is 2. The molecule has 0 saturated carbocycles. The van der Waals surface area contributed by atoms with E-state index in [4.69, 9.17) is 0 Å². The number of hydrogen-bond acceptors (Lipinski definition) is 3. The van der Waals surface area contributed by atoms with E-state index in [1.165, 1.54) is 0 Å². The van der Waals surface area contributed by atoms with Gasteiger partial charge in [0.15, 0.2) is 0 Å². The van der Waals surface area contributed by atoms with E-state index in [2.05, 4.69) is 25.5 Å². The summed E-state index contributed by atoms with van der Waals surface area (Å²) in [5.41, 5.74) is 3.75. The van der Waals surface area contributed by atoms with E-state index in [1.54, 1.807) is 6.20 Å². The van der Waals surface area contributed by atoms with Crippen molar-refractivity contribution in [2.24, 2.45) is 0 Å². The standard InChI is InChI=1S/C13H19N5O/c1-7-6-14-13(15-7)10(4)16-12(19)5-11-8(2)17-18-9(11)3/h6,10H,5H2,1-4H3,(H,14,15)(H,16,19)(H,17,18)/t10-/m1/s1. The molecular formula is C13H19N5O. The van der Waals surface area contributed by atoms with Crippen molar-refractivity contribution < 1.29 is 4.79 Å². The molecule has 1 amide bonds. The lowest BCUT2D eigenvalue weighted by atomic mass is 10.1. The maximum absolute atomic E-state index is 12.0. The highest BCUT2D eigenvalue weighted by molar-refractivity contribution is 5.79. The van der Waals surface area contributed by atoms with Crippen molar-refractivity contribution in [3.05, 3.63) is 34.7 Å². The molecule has 102 valence electrons. The molecule has 0 bridgehead atoms. The third kappa shape index (κ3) is 3.01. The van der Waals surface area contributed by atoms with Gasteiger partial charge in [-0.1, -0.05) is 0 Å². The van der Waals surface area contributed by atoms with Gasteiger partial charge in [0.05, 0.1) is 18.2 Å². The molecule has 0 radical (unpaired) electrons. The maximum Gasteiger partial charge on any atom is 0.225 e. The van der Waals surface area contributed by atoms with Crippen LogP contribution in [0.4, 0.5) is 0 Å². The maximum atomic E-state index is 12.0. The van der Waals surface area contributed by atoms with Gasteiger partial charge in [-0.25, -0.2) is 4.98 Å². The van der Waals surface area contributed by atoms with Crippen LogP contribution in [-0.4, -0.2) is 26.1 Å². The van der Waals surface area contributed by atoms with Gasteiger partial charge in [-0.15, -0.1) is 0 Å². The average molecular weight is 261 g/mol. The summed E-state index contributed by atoms with van der Waals surface area (Å²) in [7, 11) is 0. The zero-order valence-electron chi connectivity index (χ0n) is 11.7. The molecule has 0 unspecified atom stereocenters.